The molecule has 0 saturated carbocycles. The summed E-state index contributed by atoms with van der Waals surface area (Å²) in [5.41, 5.74) is 1.08. The van der Waals surface area contributed by atoms with E-state index >= 15 is 0 Å². The smallest absolute Gasteiger partial charge is 0.317 e. The minimum absolute atomic E-state index is 0.142. The molecule has 0 aliphatic carbocycles. The van der Waals surface area contributed by atoms with E-state index in [4.69, 9.17) is 16.7 Å². The lowest BCUT2D eigenvalue weighted by atomic mass is 10.2. The lowest BCUT2D eigenvalue weighted by Gasteiger charge is -2.33. The van der Waals surface area contributed by atoms with Gasteiger partial charge in [0.25, 0.3) is 0 Å². The molecular weight excluding hydrogens is 332 g/mol. The van der Waals surface area contributed by atoms with Crippen molar-refractivity contribution in [2.24, 2.45) is 0 Å². The number of hydrogen-bond donors (Lipinski definition) is 1. The highest BCUT2D eigenvalue weighted by molar-refractivity contribution is 7.15. The third-order valence-corrected chi connectivity index (χ3v) is 5.44. The fourth-order valence-corrected chi connectivity index (χ4v) is 4.17. The van der Waals surface area contributed by atoms with Crippen LogP contribution in [0.5, 0.6) is 0 Å². The van der Waals surface area contributed by atoms with Crippen LogP contribution in [0, 0.1) is 0 Å². The number of benzene rings is 1. The zero-order valence-corrected chi connectivity index (χ0v) is 14.3. The van der Waals surface area contributed by atoms with Gasteiger partial charge in [-0.2, -0.15) is 0 Å². The van der Waals surface area contributed by atoms with Crippen molar-refractivity contribution < 1.29 is 9.90 Å². The summed E-state index contributed by atoms with van der Waals surface area (Å²) < 4.78 is 0. The molecule has 1 fully saturated rings. The van der Waals surface area contributed by atoms with Crippen LogP contribution in [-0.2, 0) is 11.3 Å². The monoisotopic (exact) mass is 350 g/mol. The summed E-state index contributed by atoms with van der Waals surface area (Å²) in [5, 5.41) is 9.62. The van der Waals surface area contributed by atoms with E-state index in [0.717, 1.165) is 43.3 Å². The van der Waals surface area contributed by atoms with Crippen molar-refractivity contribution >= 4 is 28.9 Å². The molecule has 23 heavy (non-hydrogen) atoms. The second kappa shape index (κ2) is 7.45. The number of piperazine rings is 1. The normalized spacial score (nSPS) is 16.6. The lowest BCUT2D eigenvalue weighted by molar-refractivity contribution is -0.138. The highest BCUT2D eigenvalue weighted by Crippen LogP contribution is 2.33. The van der Waals surface area contributed by atoms with Crippen molar-refractivity contribution in [1.82, 2.24) is 9.80 Å². The van der Waals surface area contributed by atoms with E-state index in [-0.39, 0.29) is 6.54 Å². The van der Waals surface area contributed by atoms with Gasteiger partial charge < -0.3 is 5.11 Å². The van der Waals surface area contributed by atoms with Crippen LogP contribution < -0.4 is 0 Å². The van der Waals surface area contributed by atoms with E-state index in [2.05, 4.69) is 17.0 Å². The van der Waals surface area contributed by atoms with E-state index in [9.17, 15) is 4.79 Å². The van der Waals surface area contributed by atoms with Gasteiger partial charge in [0.2, 0.25) is 0 Å². The van der Waals surface area contributed by atoms with Crippen LogP contribution in [-0.4, -0.2) is 53.6 Å². The summed E-state index contributed by atoms with van der Waals surface area (Å²) in [6.07, 6.45) is 0. The van der Waals surface area contributed by atoms with Crippen LogP contribution in [0.2, 0.25) is 5.02 Å². The molecule has 2 heterocycles. The highest BCUT2D eigenvalue weighted by Gasteiger charge is 2.19. The largest absolute Gasteiger partial charge is 0.480 e. The molecule has 1 saturated heterocycles. The first-order chi connectivity index (χ1) is 11.1. The van der Waals surface area contributed by atoms with Crippen molar-refractivity contribution in [3.8, 4) is 10.4 Å². The van der Waals surface area contributed by atoms with Crippen LogP contribution in [0.15, 0.2) is 36.4 Å². The highest BCUT2D eigenvalue weighted by atomic mass is 35.5. The molecule has 1 aliphatic rings. The minimum Gasteiger partial charge on any atom is -0.480 e. The molecule has 1 aromatic carbocycles. The number of carbonyl (C=O) groups is 1. The molecule has 1 N–H and O–H groups in total. The van der Waals surface area contributed by atoms with E-state index in [1.165, 1.54) is 9.75 Å². The first-order valence-corrected chi connectivity index (χ1v) is 8.81. The fourth-order valence-electron chi connectivity index (χ4n) is 2.79. The number of rotatable bonds is 5. The van der Waals surface area contributed by atoms with Crippen molar-refractivity contribution in [3.05, 3.63) is 46.3 Å². The number of nitrogens with zero attached hydrogens (tertiary/aromatic N) is 2. The predicted octanol–water partition coefficient (Wildman–Crippen LogP) is 3.27. The molecule has 2 aromatic rings. The molecule has 4 nitrogen and oxygen atoms in total. The minimum atomic E-state index is -0.749. The van der Waals surface area contributed by atoms with Crippen LogP contribution in [0.3, 0.4) is 0 Å². The molecule has 3 rings (SSSR count). The number of carboxylic acids is 1. The number of hydrogen-bond acceptors (Lipinski definition) is 4. The van der Waals surface area contributed by atoms with Gasteiger partial charge in [0, 0.05) is 53.1 Å². The van der Waals surface area contributed by atoms with Crippen molar-refractivity contribution in [3.63, 3.8) is 0 Å². The Morgan fingerprint density at radius 1 is 1.09 bits per heavy atom. The Morgan fingerprint density at radius 2 is 1.78 bits per heavy atom. The lowest BCUT2D eigenvalue weighted by Crippen LogP contribution is -2.47. The van der Waals surface area contributed by atoms with Crippen LogP contribution >= 0.6 is 22.9 Å². The van der Waals surface area contributed by atoms with Gasteiger partial charge in [0.15, 0.2) is 0 Å². The molecule has 0 bridgehead atoms. The number of halogens is 1. The molecule has 0 amide bonds. The van der Waals surface area contributed by atoms with E-state index in [1.807, 2.05) is 29.2 Å². The van der Waals surface area contributed by atoms with E-state index in [1.54, 1.807) is 11.3 Å². The van der Waals surface area contributed by atoms with Gasteiger partial charge in [-0.3, -0.25) is 14.6 Å². The molecule has 122 valence electrons. The zero-order chi connectivity index (χ0) is 16.2. The molecule has 1 aliphatic heterocycles. The molecule has 0 spiro atoms. The van der Waals surface area contributed by atoms with Gasteiger partial charge in [0.05, 0.1) is 6.54 Å². The Morgan fingerprint density at radius 3 is 2.48 bits per heavy atom. The molecular formula is C17H19ClN2O2S. The summed E-state index contributed by atoms with van der Waals surface area (Å²) >= 11 is 8.03. The van der Waals surface area contributed by atoms with Gasteiger partial charge in [-0.25, -0.2) is 0 Å². The molecule has 6 heteroatoms. The summed E-state index contributed by atoms with van der Waals surface area (Å²) in [6.45, 7) is 4.50. The maximum Gasteiger partial charge on any atom is 0.317 e. The Bertz CT molecular complexity index is 681. The Kier molecular flexibility index (Phi) is 5.33. The summed E-state index contributed by atoms with van der Waals surface area (Å²) in [4.78, 5) is 17.6. The van der Waals surface area contributed by atoms with Crippen molar-refractivity contribution in [2.45, 2.75) is 6.54 Å². The summed E-state index contributed by atoms with van der Waals surface area (Å²) in [5.74, 6) is -0.749. The first kappa shape index (κ1) is 16.5. The number of aliphatic carboxylic acids is 1. The maximum absolute atomic E-state index is 10.7. The van der Waals surface area contributed by atoms with Crippen LogP contribution in [0.25, 0.3) is 10.4 Å². The van der Waals surface area contributed by atoms with Gasteiger partial charge >= 0.3 is 5.97 Å². The fraction of sp³-hybridized carbons (Fsp3) is 0.353. The van der Waals surface area contributed by atoms with Gasteiger partial charge in [-0.15, -0.1) is 11.3 Å². The molecule has 1 aromatic heterocycles. The first-order valence-electron chi connectivity index (χ1n) is 7.62. The van der Waals surface area contributed by atoms with Crippen molar-refractivity contribution in [2.75, 3.05) is 32.7 Å². The molecule has 0 unspecified atom stereocenters. The topological polar surface area (TPSA) is 43.8 Å². The van der Waals surface area contributed by atoms with Gasteiger partial charge in [-0.1, -0.05) is 29.8 Å². The van der Waals surface area contributed by atoms with E-state index in [0.29, 0.717) is 0 Å². The molecule has 0 atom stereocenters. The maximum atomic E-state index is 10.7. The van der Waals surface area contributed by atoms with Gasteiger partial charge in [0.1, 0.15) is 0 Å². The third kappa shape index (κ3) is 4.32. The van der Waals surface area contributed by atoms with Crippen molar-refractivity contribution in [1.29, 1.82) is 0 Å². The quantitative estimate of drug-likeness (QED) is 0.898. The SMILES string of the molecule is O=C(O)CN1CCN(Cc2ccc(-c3ccccc3Cl)s2)CC1. The molecule has 0 radical (unpaired) electrons. The Hall–Kier alpha value is -1.40. The Balaban J connectivity index is 1.58. The number of carboxylic acid groups (broad SMARTS) is 1. The second-order valence-electron chi connectivity index (χ2n) is 5.69. The van der Waals surface area contributed by atoms with Crippen LogP contribution in [0.1, 0.15) is 4.88 Å². The Labute approximate surface area is 144 Å². The summed E-state index contributed by atoms with van der Waals surface area (Å²) in [7, 11) is 0. The third-order valence-electron chi connectivity index (χ3n) is 4.00. The zero-order valence-electron chi connectivity index (χ0n) is 12.7. The second-order valence-corrected chi connectivity index (χ2v) is 7.27. The van der Waals surface area contributed by atoms with Crippen LogP contribution in [0.4, 0.5) is 0 Å². The van der Waals surface area contributed by atoms with E-state index < -0.39 is 5.97 Å². The standard InChI is InChI=1S/C17H19ClN2O2S/c18-15-4-2-1-3-14(15)16-6-5-13(23-16)11-19-7-9-20(10-8-19)12-17(21)22/h1-6H,7-12H2,(H,21,22). The van der Waals surface area contributed by atoms with Gasteiger partial charge in [-0.05, 0) is 18.2 Å². The summed E-state index contributed by atoms with van der Waals surface area (Å²) in [6, 6.07) is 12.2. The number of thiophene rings is 1. The average molecular weight is 351 g/mol. The predicted molar refractivity (Wildman–Crippen MR) is 94.1 cm³/mol. The average Bonchev–Trinajstić information content (AvgIpc) is 2.97.